The van der Waals surface area contributed by atoms with E-state index in [9.17, 15) is 9.59 Å². The molecule has 1 saturated carbocycles. The Morgan fingerprint density at radius 2 is 1.67 bits per heavy atom. The minimum absolute atomic E-state index is 0.0341. The molecule has 4 rings (SSSR count). The Balaban J connectivity index is 1.55. The van der Waals surface area contributed by atoms with Crippen molar-refractivity contribution >= 4 is 39.5 Å². The Hall–Kier alpha value is -2.77. The number of carbonyl (C=O) groups excluding carboxylic acids is 2. The molecule has 1 fully saturated rings. The van der Waals surface area contributed by atoms with Gasteiger partial charge in [-0.3, -0.25) is 9.59 Å². The van der Waals surface area contributed by atoms with E-state index in [0.717, 1.165) is 52.6 Å². The third-order valence-corrected chi connectivity index (χ3v) is 8.60. The first-order valence-electron chi connectivity index (χ1n) is 13.6. The first-order valence-corrected chi connectivity index (χ1v) is 15.6. The number of rotatable bonds is 12. The maximum atomic E-state index is 13.8. The molecule has 1 aliphatic rings. The van der Waals surface area contributed by atoms with Gasteiger partial charge in [0.1, 0.15) is 11.8 Å². The molecule has 0 heterocycles. The Morgan fingerprint density at radius 3 is 2.36 bits per heavy atom. The first kappa shape index (κ1) is 29.2. The van der Waals surface area contributed by atoms with Crippen molar-refractivity contribution in [3.8, 4) is 5.75 Å². The van der Waals surface area contributed by atoms with Crippen LogP contribution in [0, 0.1) is 0 Å². The topological polar surface area (TPSA) is 58.6 Å². The summed E-state index contributed by atoms with van der Waals surface area (Å²) in [6, 6.07) is 25.4. The van der Waals surface area contributed by atoms with E-state index in [2.05, 4.69) is 21.2 Å². The van der Waals surface area contributed by atoms with E-state index in [1.165, 1.54) is 6.42 Å². The van der Waals surface area contributed by atoms with Crippen LogP contribution in [0.2, 0.25) is 0 Å². The van der Waals surface area contributed by atoms with E-state index < -0.39 is 6.04 Å². The Kier molecular flexibility index (Phi) is 11.3. The largest absolute Gasteiger partial charge is 0.497 e. The quantitative estimate of drug-likeness (QED) is 0.246. The normalized spacial score (nSPS) is 14.4. The zero-order valence-electron chi connectivity index (χ0n) is 22.5. The number of benzene rings is 3. The van der Waals surface area contributed by atoms with Gasteiger partial charge in [0.2, 0.25) is 11.8 Å². The average molecular weight is 610 g/mol. The minimum atomic E-state index is -0.595. The molecular weight excluding hydrogens is 572 g/mol. The zero-order chi connectivity index (χ0) is 27.5. The monoisotopic (exact) mass is 608 g/mol. The maximum absolute atomic E-state index is 13.8. The van der Waals surface area contributed by atoms with Crippen LogP contribution in [-0.4, -0.2) is 41.7 Å². The highest BCUT2D eigenvalue weighted by atomic mass is 79.9. The lowest BCUT2D eigenvalue weighted by Gasteiger charge is -2.33. The van der Waals surface area contributed by atoms with E-state index in [4.69, 9.17) is 4.74 Å². The molecule has 0 unspecified atom stereocenters. The summed E-state index contributed by atoms with van der Waals surface area (Å²) in [5.41, 5.74) is 3.16. The fourth-order valence-corrected chi connectivity index (χ4v) is 6.31. The van der Waals surface area contributed by atoms with Gasteiger partial charge in [-0.25, -0.2) is 0 Å². The molecule has 0 saturated heterocycles. The molecule has 7 heteroatoms. The van der Waals surface area contributed by atoms with Crippen molar-refractivity contribution in [2.75, 3.05) is 12.9 Å². The summed E-state index contributed by atoms with van der Waals surface area (Å²) in [6.45, 7) is 0.372. The fourth-order valence-electron chi connectivity index (χ4n) is 4.99. The van der Waals surface area contributed by atoms with Crippen molar-refractivity contribution in [1.82, 2.24) is 10.2 Å². The zero-order valence-corrected chi connectivity index (χ0v) is 24.9. The third-order valence-electron chi connectivity index (χ3n) is 7.12. The van der Waals surface area contributed by atoms with Gasteiger partial charge >= 0.3 is 0 Å². The average Bonchev–Trinajstić information content (AvgIpc) is 2.96. The molecule has 0 bridgehead atoms. The number of hydrogen-bond donors (Lipinski definition) is 1. The number of amides is 2. The van der Waals surface area contributed by atoms with Crippen molar-refractivity contribution < 1.29 is 14.3 Å². The first-order chi connectivity index (χ1) is 19.0. The maximum Gasteiger partial charge on any atom is 0.243 e. The summed E-state index contributed by atoms with van der Waals surface area (Å²) < 4.78 is 6.20. The SMILES string of the molecule is COc1ccc(CSCC(=O)N(Cc2cccc(Br)c2)[C@@H](Cc2ccccc2)C(=O)NC2CCCCC2)cc1. The van der Waals surface area contributed by atoms with E-state index in [-0.39, 0.29) is 17.9 Å². The van der Waals surface area contributed by atoms with Crippen LogP contribution in [0.4, 0.5) is 0 Å². The summed E-state index contributed by atoms with van der Waals surface area (Å²) in [6.07, 6.45) is 5.97. The van der Waals surface area contributed by atoms with E-state index >= 15 is 0 Å². The number of thioether (sulfide) groups is 1. The molecule has 0 radical (unpaired) electrons. The molecular formula is C32H37BrN2O3S. The number of halogens is 1. The summed E-state index contributed by atoms with van der Waals surface area (Å²) in [4.78, 5) is 29.5. The highest BCUT2D eigenvalue weighted by molar-refractivity contribution is 9.10. The van der Waals surface area contributed by atoms with Gasteiger partial charge in [-0.1, -0.05) is 89.8 Å². The van der Waals surface area contributed by atoms with E-state index in [1.807, 2.05) is 78.9 Å². The molecule has 3 aromatic carbocycles. The van der Waals surface area contributed by atoms with E-state index in [0.29, 0.717) is 24.5 Å². The summed E-state index contributed by atoms with van der Waals surface area (Å²) in [7, 11) is 1.65. The van der Waals surface area contributed by atoms with Crippen molar-refractivity contribution in [1.29, 1.82) is 0 Å². The minimum Gasteiger partial charge on any atom is -0.497 e. The van der Waals surface area contributed by atoms with Crippen LogP contribution in [0.15, 0.2) is 83.3 Å². The van der Waals surface area contributed by atoms with Gasteiger partial charge in [-0.05, 0) is 53.8 Å². The number of nitrogens with one attached hydrogen (secondary N) is 1. The Labute approximate surface area is 244 Å². The molecule has 206 valence electrons. The lowest BCUT2D eigenvalue weighted by molar-refractivity contribution is -0.139. The molecule has 1 aliphatic carbocycles. The number of carbonyl (C=O) groups is 2. The van der Waals surface area contributed by atoms with Crippen LogP contribution < -0.4 is 10.1 Å². The second-order valence-corrected chi connectivity index (χ2v) is 11.9. The van der Waals surface area contributed by atoms with Gasteiger partial charge in [0.15, 0.2) is 0 Å². The number of methoxy groups -OCH3 is 1. The van der Waals surface area contributed by atoms with Gasteiger partial charge in [0.25, 0.3) is 0 Å². The Bertz CT molecular complexity index is 1200. The summed E-state index contributed by atoms with van der Waals surface area (Å²) in [5.74, 6) is 1.72. The van der Waals surface area contributed by atoms with Crippen molar-refractivity contribution in [3.63, 3.8) is 0 Å². The van der Waals surface area contributed by atoms with Crippen molar-refractivity contribution in [2.24, 2.45) is 0 Å². The van der Waals surface area contributed by atoms with Gasteiger partial charge in [-0.15, -0.1) is 11.8 Å². The molecule has 5 nitrogen and oxygen atoms in total. The third kappa shape index (κ3) is 9.14. The summed E-state index contributed by atoms with van der Waals surface area (Å²) in [5, 5.41) is 3.30. The predicted molar refractivity (Wildman–Crippen MR) is 163 cm³/mol. The van der Waals surface area contributed by atoms with Crippen LogP contribution in [0.1, 0.15) is 48.8 Å². The number of hydrogen-bond acceptors (Lipinski definition) is 4. The van der Waals surface area contributed by atoms with Crippen molar-refractivity contribution in [3.05, 3.63) is 100 Å². The second-order valence-electron chi connectivity index (χ2n) is 10.0. The van der Waals surface area contributed by atoms with Gasteiger partial charge in [0, 0.05) is 29.2 Å². The van der Waals surface area contributed by atoms with Crippen LogP contribution in [0.25, 0.3) is 0 Å². The molecule has 3 aromatic rings. The number of ether oxygens (including phenoxy) is 1. The highest BCUT2D eigenvalue weighted by Gasteiger charge is 2.31. The van der Waals surface area contributed by atoms with Gasteiger partial charge in [-0.2, -0.15) is 0 Å². The van der Waals surface area contributed by atoms with Gasteiger partial charge in [0.05, 0.1) is 12.9 Å². The van der Waals surface area contributed by atoms with Crippen molar-refractivity contribution in [2.45, 2.75) is 62.9 Å². The lowest BCUT2D eigenvalue weighted by atomic mass is 9.94. The predicted octanol–water partition coefficient (Wildman–Crippen LogP) is 6.78. The molecule has 0 aliphatic heterocycles. The highest BCUT2D eigenvalue weighted by Crippen LogP contribution is 2.22. The molecule has 39 heavy (non-hydrogen) atoms. The van der Waals surface area contributed by atoms with Crippen LogP contribution in [0.3, 0.4) is 0 Å². The molecule has 0 spiro atoms. The van der Waals surface area contributed by atoms with Crippen LogP contribution in [0.5, 0.6) is 5.75 Å². The standard InChI is InChI=1S/C32H37BrN2O3S/c1-38-29-17-15-25(16-18-29)22-39-23-31(36)35(21-26-11-8-12-27(33)19-26)30(20-24-9-4-2-5-10-24)32(37)34-28-13-6-3-7-14-28/h2,4-5,8-12,15-19,28,30H,3,6-7,13-14,20-23H2,1H3,(H,34,37)/t30-/m0/s1. The number of nitrogens with zero attached hydrogens (tertiary/aromatic N) is 1. The van der Waals surface area contributed by atoms with Crippen LogP contribution in [-0.2, 0) is 28.3 Å². The molecule has 1 N–H and O–H groups in total. The smallest absolute Gasteiger partial charge is 0.243 e. The summed E-state index contributed by atoms with van der Waals surface area (Å²) >= 11 is 5.12. The van der Waals surface area contributed by atoms with Crippen LogP contribution >= 0.6 is 27.7 Å². The molecule has 1 atom stereocenters. The second kappa shape index (κ2) is 15.1. The Morgan fingerprint density at radius 1 is 0.949 bits per heavy atom. The molecule has 0 aromatic heterocycles. The van der Waals surface area contributed by atoms with Gasteiger partial charge < -0.3 is 15.0 Å². The van der Waals surface area contributed by atoms with E-state index in [1.54, 1.807) is 23.8 Å². The molecule has 2 amide bonds. The lowest BCUT2D eigenvalue weighted by Crippen LogP contribution is -2.53. The fraction of sp³-hybridized carbons (Fsp3) is 0.375.